The van der Waals surface area contributed by atoms with Gasteiger partial charge in [0.05, 0.1) is 10.5 Å². The van der Waals surface area contributed by atoms with E-state index in [1.807, 2.05) is 10.9 Å². The number of carbonyl (C=O) groups excluding carboxylic acids is 3. The zero-order chi connectivity index (χ0) is 19.1. The Hall–Kier alpha value is -3.82. The van der Waals surface area contributed by atoms with E-state index in [0.29, 0.717) is 0 Å². The summed E-state index contributed by atoms with van der Waals surface area (Å²) in [5.41, 5.74) is 3.60. The quantitative estimate of drug-likeness (QED) is 0.470. The lowest BCUT2D eigenvalue weighted by atomic mass is 10.2. The number of halogens is 1. The molecule has 0 bridgehead atoms. The molecule has 0 fully saturated rings. The van der Waals surface area contributed by atoms with Gasteiger partial charge in [-0.15, -0.1) is 0 Å². The van der Waals surface area contributed by atoms with E-state index in [4.69, 9.17) is 0 Å². The van der Waals surface area contributed by atoms with Gasteiger partial charge < -0.3 is 4.74 Å². The average Bonchev–Trinajstić information content (AvgIpc) is 2.64. The number of carbonyl (C=O) groups is 3. The second kappa shape index (κ2) is 8.33. The molecule has 0 aliphatic heterocycles. The molecule has 9 nitrogen and oxygen atoms in total. The van der Waals surface area contributed by atoms with Crippen molar-refractivity contribution in [2.45, 2.75) is 0 Å². The van der Waals surface area contributed by atoms with Crippen LogP contribution in [-0.4, -0.2) is 29.3 Å². The Labute approximate surface area is 145 Å². The van der Waals surface area contributed by atoms with Crippen molar-refractivity contribution in [3.63, 3.8) is 0 Å². The van der Waals surface area contributed by atoms with Crippen LogP contribution in [0.4, 0.5) is 10.1 Å². The molecule has 0 spiro atoms. The Morgan fingerprint density at radius 2 is 1.69 bits per heavy atom. The maximum atomic E-state index is 13.4. The third kappa shape index (κ3) is 4.84. The smallest absolute Gasteiger partial charge is 0.341 e. The summed E-state index contributed by atoms with van der Waals surface area (Å²) in [5, 5.41) is 10.5. The first kappa shape index (κ1) is 18.5. The van der Waals surface area contributed by atoms with E-state index >= 15 is 0 Å². The van der Waals surface area contributed by atoms with E-state index in [-0.39, 0.29) is 16.8 Å². The SMILES string of the molecule is O=C(COC(=O)c1ccccc1F)NNC(=O)c1ccc([N+](=O)[O-])cc1. The number of nitrogens with one attached hydrogen (secondary N) is 2. The summed E-state index contributed by atoms with van der Waals surface area (Å²) in [5.74, 6) is -3.40. The number of ether oxygens (including phenoxy) is 1. The number of benzene rings is 2. The first-order chi connectivity index (χ1) is 12.4. The van der Waals surface area contributed by atoms with Gasteiger partial charge in [-0.1, -0.05) is 12.1 Å². The van der Waals surface area contributed by atoms with E-state index in [1.54, 1.807) is 0 Å². The molecule has 0 radical (unpaired) electrons. The highest BCUT2D eigenvalue weighted by atomic mass is 19.1. The topological polar surface area (TPSA) is 128 Å². The van der Waals surface area contributed by atoms with Gasteiger partial charge in [0.1, 0.15) is 5.82 Å². The molecule has 0 aliphatic rings. The molecule has 10 heteroatoms. The predicted octanol–water partition coefficient (Wildman–Crippen LogP) is 1.35. The number of amides is 2. The minimum Gasteiger partial charge on any atom is -0.452 e. The number of hydrogen-bond acceptors (Lipinski definition) is 6. The van der Waals surface area contributed by atoms with Gasteiger partial charge in [0.25, 0.3) is 17.5 Å². The number of nitro groups is 1. The third-order valence-corrected chi connectivity index (χ3v) is 3.08. The fourth-order valence-corrected chi connectivity index (χ4v) is 1.80. The van der Waals surface area contributed by atoms with Crippen LogP contribution < -0.4 is 10.9 Å². The summed E-state index contributed by atoms with van der Waals surface area (Å²) in [7, 11) is 0. The number of non-ortho nitro benzene ring substituents is 1. The van der Waals surface area contributed by atoms with Gasteiger partial charge in [0.15, 0.2) is 6.61 Å². The number of esters is 1. The maximum absolute atomic E-state index is 13.4. The highest BCUT2D eigenvalue weighted by Crippen LogP contribution is 2.11. The first-order valence-electron chi connectivity index (χ1n) is 7.14. The minimum absolute atomic E-state index is 0.0688. The van der Waals surface area contributed by atoms with Crippen LogP contribution in [0.1, 0.15) is 20.7 Å². The fraction of sp³-hybridized carbons (Fsp3) is 0.0625. The lowest BCUT2D eigenvalue weighted by Gasteiger charge is -2.08. The molecule has 0 aromatic heterocycles. The second-order valence-corrected chi connectivity index (χ2v) is 4.86. The Morgan fingerprint density at radius 1 is 1.04 bits per heavy atom. The zero-order valence-electron chi connectivity index (χ0n) is 13.1. The van der Waals surface area contributed by atoms with Crippen LogP contribution >= 0.6 is 0 Å². The van der Waals surface area contributed by atoms with Gasteiger partial charge in [-0.2, -0.15) is 0 Å². The van der Waals surface area contributed by atoms with Crippen LogP contribution in [0.5, 0.6) is 0 Å². The molecule has 0 saturated carbocycles. The Bertz CT molecular complexity index is 853. The molecule has 0 unspecified atom stereocenters. The average molecular weight is 361 g/mol. The van der Waals surface area contributed by atoms with Crippen LogP contribution in [0.2, 0.25) is 0 Å². The van der Waals surface area contributed by atoms with E-state index in [1.165, 1.54) is 30.3 Å². The van der Waals surface area contributed by atoms with E-state index in [0.717, 1.165) is 18.2 Å². The standard InChI is InChI=1S/C16H12FN3O6/c17-13-4-2-1-3-12(13)16(23)26-9-14(21)18-19-15(22)10-5-7-11(8-6-10)20(24)25/h1-8H,9H2,(H,18,21)(H,19,22). The molecular formula is C16H12FN3O6. The monoisotopic (exact) mass is 361 g/mol. The molecule has 2 amide bonds. The van der Waals surface area contributed by atoms with Crippen molar-refractivity contribution in [3.8, 4) is 0 Å². The van der Waals surface area contributed by atoms with Crippen molar-refractivity contribution in [2.24, 2.45) is 0 Å². The van der Waals surface area contributed by atoms with Crippen molar-refractivity contribution < 1.29 is 28.4 Å². The number of nitro benzene ring substituents is 1. The largest absolute Gasteiger partial charge is 0.452 e. The number of hydrogen-bond donors (Lipinski definition) is 2. The van der Waals surface area contributed by atoms with Crippen LogP contribution in [0.15, 0.2) is 48.5 Å². The lowest BCUT2D eigenvalue weighted by molar-refractivity contribution is -0.384. The van der Waals surface area contributed by atoms with Gasteiger partial charge >= 0.3 is 5.97 Å². The predicted molar refractivity (Wildman–Crippen MR) is 85.4 cm³/mol. The van der Waals surface area contributed by atoms with Gasteiger partial charge in [0, 0.05) is 17.7 Å². The molecule has 2 aromatic rings. The van der Waals surface area contributed by atoms with E-state index in [9.17, 15) is 28.9 Å². The third-order valence-electron chi connectivity index (χ3n) is 3.08. The summed E-state index contributed by atoms with van der Waals surface area (Å²) in [6.07, 6.45) is 0. The molecule has 134 valence electrons. The van der Waals surface area contributed by atoms with Crippen LogP contribution in [0.3, 0.4) is 0 Å². The normalized spacial score (nSPS) is 9.88. The van der Waals surface area contributed by atoms with Gasteiger partial charge in [-0.25, -0.2) is 9.18 Å². The van der Waals surface area contributed by atoms with Gasteiger partial charge in [-0.3, -0.25) is 30.6 Å². The first-order valence-corrected chi connectivity index (χ1v) is 7.14. The molecule has 0 atom stereocenters. The van der Waals surface area contributed by atoms with E-state index < -0.39 is 35.1 Å². The number of nitrogens with zero attached hydrogens (tertiary/aromatic N) is 1. The summed E-state index contributed by atoms with van der Waals surface area (Å²) < 4.78 is 18.0. The Kier molecular flexibility index (Phi) is 5.93. The molecule has 0 heterocycles. The molecule has 26 heavy (non-hydrogen) atoms. The van der Waals surface area contributed by atoms with Crippen LogP contribution in [0, 0.1) is 15.9 Å². The van der Waals surface area contributed by atoms with Crippen LogP contribution in [0.25, 0.3) is 0 Å². The number of rotatable bonds is 5. The molecule has 0 aliphatic carbocycles. The Balaban J connectivity index is 1.81. The number of hydrazine groups is 1. The molecule has 0 saturated heterocycles. The maximum Gasteiger partial charge on any atom is 0.341 e. The van der Waals surface area contributed by atoms with Crippen molar-refractivity contribution in [1.29, 1.82) is 0 Å². The second-order valence-electron chi connectivity index (χ2n) is 4.86. The summed E-state index contributed by atoms with van der Waals surface area (Å²) in [6.45, 7) is -0.742. The summed E-state index contributed by atoms with van der Waals surface area (Å²) in [6, 6.07) is 9.78. The van der Waals surface area contributed by atoms with Crippen molar-refractivity contribution in [2.75, 3.05) is 6.61 Å². The van der Waals surface area contributed by atoms with Crippen molar-refractivity contribution in [3.05, 3.63) is 75.6 Å². The minimum atomic E-state index is -1.03. The van der Waals surface area contributed by atoms with Gasteiger partial charge in [-0.05, 0) is 24.3 Å². The highest BCUT2D eigenvalue weighted by molar-refractivity contribution is 5.96. The molecular weight excluding hydrogens is 349 g/mol. The van der Waals surface area contributed by atoms with Crippen molar-refractivity contribution in [1.82, 2.24) is 10.9 Å². The fourth-order valence-electron chi connectivity index (χ4n) is 1.80. The molecule has 2 rings (SSSR count). The van der Waals surface area contributed by atoms with Gasteiger partial charge in [0.2, 0.25) is 0 Å². The van der Waals surface area contributed by atoms with Crippen LogP contribution in [-0.2, 0) is 9.53 Å². The summed E-state index contributed by atoms with van der Waals surface area (Å²) in [4.78, 5) is 44.9. The van der Waals surface area contributed by atoms with Crippen molar-refractivity contribution >= 4 is 23.5 Å². The Morgan fingerprint density at radius 3 is 2.31 bits per heavy atom. The lowest BCUT2D eigenvalue weighted by Crippen LogP contribution is -2.43. The zero-order valence-corrected chi connectivity index (χ0v) is 13.1. The molecule has 2 N–H and O–H groups in total. The van der Waals surface area contributed by atoms with E-state index in [2.05, 4.69) is 4.74 Å². The highest BCUT2D eigenvalue weighted by Gasteiger charge is 2.15. The summed E-state index contributed by atoms with van der Waals surface area (Å²) >= 11 is 0. The molecule has 2 aromatic carbocycles.